The molecule has 2 aromatic rings. The Bertz CT molecular complexity index is 529. The molecule has 0 fully saturated rings. The van der Waals surface area contributed by atoms with Gasteiger partial charge in [0.2, 0.25) is 0 Å². The number of benzene rings is 2. The normalized spacial score (nSPS) is 11.0. The molecule has 0 unspecified atom stereocenters. The first-order valence-electron chi connectivity index (χ1n) is 7.49. The highest BCUT2D eigenvalue weighted by molar-refractivity contribution is 5.71. The van der Waals surface area contributed by atoms with E-state index in [9.17, 15) is 0 Å². The van der Waals surface area contributed by atoms with E-state index in [1.807, 2.05) is 0 Å². The third-order valence-electron chi connectivity index (χ3n) is 3.53. The fourth-order valence-corrected chi connectivity index (χ4v) is 2.72. The Labute approximate surface area is 122 Å². The summed E-state index contributed by atoms with van der Waals surface area (Å²) >= 11 is 0. The second-order valence-electron chi connectivity index (χ2n) is 5.74. The molecule has 0 aliphatic rings. The molecule has 0 bridgehead atoms. The standard InChI is InChI=1S/C19H24O/c1-15(2)14-18-11-6-10-17(12-7-13-20)19(18)16-8-4-3-5-9-16/h3-6,8-11,15,20H,7,12-14H2,1-2H3. The molecule has 1 N–H and O–H groups in total. The van der Waals surface area contributed by atoms with E-state index in [1.165, 1.54) is 22.3 Å². The lowest BCUT2D eigenvalue weighted by Crippen LogP contribution is -2.01. The van der Waals surface area contributed by atoms with Crippen molar-refractivity contribution in [3.63, 3.8) is 0 Å². The van der Waals surface area contributed by atoms with Crippen molar-refractivity contribution in [3.8, 4) is 11.1 Å². The molecule has 0 saturated heterocycles. The quantitative estimate of drug-likeness (QED) is 0.819. The van der Waals surface area contributed by atoms with Gasteiger partial charge in [0.05, 0.1) is 0 Å². The fourth-order valence-electron chi connectivity index (χ4n) is 2.72. The molecule has 0 heterocycles. The van der Waals surface area contributed by atoms with Crippen LogP contribution in [0.4, 0.5) is 0 Å². The summed E-state index contributed by atoms with van der Waals surface area (Å²) in [4.78, 5) is 0. The number of hydrogen-bond donors (Lipinski definition) is 1. The van der Waals surface area contributed by atoms with Crippen LogP contribution in [0, 0.1) is 5.92 Å². The van der Waals surface area contributed by atoms with Crippen LogP contribution < -0.4 is 0 Å². The monoisotopic (exact) mass is 268 g/mol. The van der Waals surface area contributed by atoms with Crippen molar-refractivity contribution < 1.29 is 5.11 Å². The number of hydrogen-bond acceptors (Lipinski definition) is 1. The van der Waals surface area contributed by atoms with Crippen molar-refractivity contribution in [1.29, 1.82) is 0 Å². The summed E-state index contributed by atoms with van der Waals surface area (Å²) in [6.45, 7) is 4.77. The van der Waals surface area contributed by atoms with E-state index in [0.29, 0.717) is 5.92 Å². The highest BCUT2D eigenvalue weighted by Crippen LogP contribution is 2.30. The van der Waals surface area contributed by atoms with Crippen LogP contribution in [0.5, 0.6) is 0 Å². The Morgan fingerprint density at radius 1 is 0.900 bits per heavy atom. The van der Waals surface area contributed by atoms with Crippen LogP contribution in [-0.2, 0) is 12.8 Å². The maximum Gasteiger partial charge on any atom is 0.0434 e. The summed E-state index contributed by atoms with van der Waals surface area (Å²) in [5.74, 6) is 0.644. The van der Waals surface area contributed by atoms with Gasteiger partial charge in [-0.3, -0.25) is 0 Å². The molecule has 2 rings (SSSR count). The van der Waals surface area contributed by atoms with E-state index < -0.39 is 0 Å². The van der Waals surface area contributed by atoms with Crippen molar-refractivity contribution >= 4 is 0 Å². The van der Waals surface area contributed by atoms with Crippen molar-refractivity contribution in [1.82, 2.24) is 0 Å². The van der Waals surface area contributed by atoms with Crippen molar-refractivity contribution in [2.45, 2.75) is 33.1 Å². The van der Waals surface area contributed by atoms with Crippen LogP contribution in [0.1, 0.15) is 31.4 Å². The third-order valence-corrected chi connectivity index (χ3v) is 3.53. The van der Waals surface area contributed by atoms with Crippen LogP contribution in [0.3, 0.4) is 0 Å². The Kier molecular flexibility index (Phi) is 5.37. The van der Waals surface area contributed by atoms with Crippen LogP contribution in [0.2, 0.25) is 0 Å². The van der Waals surface area contributed by atoms with Gasteiger partial charge < -0.3 is 5.11 Å². The van der Waals surface area contributed by atoms with E-state index >= 15 is 0 Å². The molecular weight excluding hydrogens is 244 g/mol. The van der Waals surface area contributed by atoms with E-state index in [2.05, 4.69) is 62.4 Å². The number of aliphatic hydroxyl groups is 1. The zero-order valence-electron chi connectivity index (χ0n) is 12.5. The minimum atomic E-state index is 0.253. The zero-order valence-corrected chi connectivity index (χ0v) is 12.5. The Hall–Kier alpha value is -1.60. The number of rotatable bonds is 6. The van der Waals surface area contributed by atoms with Gasteiger partial charge in [-0.05, 0) is 47.4 Å². The zero-order chi connectivity index (χ0) is 14.4. The number of aryl methyl sites for hydroxylation is 1. The minimum absolute atomic E-state index is 0.253. The first kappa shape index (κ1) is 14.8. The predicted octanol–water partition coefficient (Wildman–Crippen LogP) is 4.48. The number of aliphatic hydroxyl groups excluding tert-OH is 1. The third kappa shape index (κ3) is 3.71. The van der Waals surface area contributed by atoms with Crippen LogP contribution in [0.15, 0.2) is 48.5 Å². The van der Waals surface area contributed by atoms with Gasteiger partial charge in [-0.15, -0.1) is 0 Å². The molecule has 0 aliphatic heterocycles. The molecule has 0 atom stereocenters. The van der Waals surface area contributed by atoms with E-state index in [-0.39, 0.29) is 6.61 Å². The van der Waals surface area contributed by atoms with Crippen LogP contribution >= 0.6 is 0 Å². The maximum absolute atomic E-state index is 9.10. The smallest absolute Gasteiger partial charge is 0.0434 e. The topological polar surface area (TPSA) is 20.2 Å². The summed E-state index contributed by atoms with van der Waals surface area (Å²) < 4.78 is 0. The average Bonchev–Trinajstić information content (AvgIpc) is 2.45. The molecule has 106 valence electrons. The maximum atomic E-state index is 9.10. The van der Waals surface area contributed by atoms with Gasteiger partial charge in [-0.2, -0.15) is 0 Å². The SMILES string of the molecule is CC(C)Cc1cccc(CCCO)c1-c1ccccc1. The van der Waals surface area contributed by atoms with Gasteiger partial charge in [0.25, 0.3) is 0 Å². The summed E-state index contributed by atoms with van der Waals surface area (Å²) in [5.41, 5.74) is 5.43. The Balaban J connectivity index is 2.47. The Morgan fingerprint density at radius 3 is 2.25 bits per heavy atom. The second kappa shape index (κ2) is 7.25. The summed E-state index contributed by atoms with van der Waals surface area (Å²) in [5, 5.41) is 9.10. The molecule has 0 radical (unpaired) electrons. The molecule has 0 aliphatic carbocycles. The Morgan fingerprint density at radius 2 is 1.60 bits per heavy atom. The van der Waals surface area contributed by atoms with Gasteiger partial charge in [0.15, 0.2) is 0 Å². The van der Waals surface area contributed by atoms with E-state index in [1.54, 1.807) is 0 Å². The summed E-state index contributed by atoms with van der Waals surface area (Å²) in [6.07, 6.45) is 2.86. The molecule has 0 amide bonds. The van der Waals surface area contributed by atoms with Gasteiger partial charge >= 0.3 is 0 Å². The second-order valence-corrected chi connectivity index (χ2v) is 5.74. The molecule has 0 aromatic heterocycles. The van der Waals surface area contributed by atoms with Gasteiger partial charge in [-0.1, -0.05) is 62.4 Å². The summed E-state index contributed by atoms with van der Waals surface area (Å²) in [6, 6.07) is 17.2. The largest absolute Gasteiger partial charge is 0.396 e. The molecule has 1 heteroatoms. The van der Waals surface area contributed by atoms with Crippen molar-refractivity contribution in [2.24, 2.45) is 5.92 Å². The average molecular weight is 268 g/mol. The first-order valence-corrected chi connectivity index (χ1v) is 7.49. The lowest BCUT2D eigenvalue weighted by atomic mass is 9.88. The highest BCUT2D eigenvalue weighted by Gasteiger charge is 2.11. The summed E-state index contributed by atoms with van der Waals surface area (Å²) in [7, 11) is 0. The molecule has 0 spiro atoms. The lowest BCUT2D eigenvalue weighted by Gasteiger charge is -2.16. The highest BCUT2D eigenvalue weighted by atomic mass is 16.2. The predicted molar refractivity (Wildman–Crippen MR) is 85.8 cm³/mol. The molecule has 1 nitrogen and oxygen atoms in total. The lowest BCUT2D eigenvalue weighted by molar-refractivity contribution is 0.288. The van der Waals surface area contributed by atoms with Crippen LogP contribution in [0.25, 0.3) is 11.1 Å². The first-order chi connectivity index (χ1) is 9.72. The van der Waals surface area contributed by atoms with Gasteiger partial charge in [-0.25, -0.2) is 0 Å². The van der Waals surface area contributed by atoms with Gasteiger partial charge in [0, 0.05) is 6.61 Å². The fraction of sp³-hybridized carbons (Fsp3) is 0.368. The van der Waals surface area contributed by atoms with E-state index in [0.717, 1.165) is 19.3 Å². The molecule has 0 saturated carbocycles. The van der Waals surface area contributed by atoms with Crippen LogP contribution in [-0.4, -0.2) is 11.7 Å². The van der Waals surface area contributed by atoms with Crippen molar-refractivity contribution in [2.75, 3.05) is 6.61 Å². The molecule has 20 heavy (non-hydrogen) atoms. The minimum Gasteiger partial charge on any atom is -0.396 e. The van der Waals surface area contributed by atoms with E-state index in [4.69, 9.17) is 5.11 Å². The van der Waals surface area contributed by atoms with Crippen molar-refractivity contribution in [3.05, 3.63) is 59.7 Å². The van der Waals surface area contributed by atoms with Gasteiger partial charge in [0.1, 0.15) is 0 Å². The molecular formula is C19H24O. The molecule has 2 aromatic carbocycles.